The van der Waals surface area contributed by atoms with Crippen LogP contribution in [0.3, 0.4) is 0 Å². The SMILES string of the molecule is Clc1nc2nc(n1)oc1ccccc1oc1nc(Cl)nc(n1)oc1ccccc1o2. The van der Waals surface area contributed by atoms with Gasteiger partial charge in [-0.1, -0.05) is 24.3 Å². The molecule has 0 saturated carbocycles. The number of hydrogen-bond acceptors (Lipinski definition) is 10. The van der Waals surface area contributed by atoms with Crippen LogP contribution < -0.4 is 0 Å². The lowest BCUT2D eigenvalue weighted by molar-refractivity contribution is 0.557. The number of nitrogens with zero attached hydrogens (tertiary/aromatic N) is 6. The third-order valence-electron chi connectivity index (χ3n) is 3.64. The van der Waals surface area contributed by atoms with E-state index in [-0.39, 0.29) is 56.3 Å². The fraction of sp³-hybridized carbons (Fsp3) is 0. The molecular formula is C18H8Cl2N6O4. The molecule has 0 atom stereocenters. The van der Waals surface area contributed by atoms with Crippen LogP contribution in [0.25, 0.3) is 45.7 Å². The fourth-order valence-electron chi connectivity index (χ4n) is 2.44. The average Bonchev–Trinajstić information content (AvgIpc) is 2.70. The molecule has 0 aliphatic rings. The van der Waals surface area contributed by atoms with Gasteiger partial charge in [-0.15, -0.1) is 9.97 Å². The molecule has 0 aliphatic heterocycles. The summed E-state index contributed by atoms with van der Waals surface area (Å²) in [5, 5.41) is -0.248. The van der Waals surface area contributed by atoms with Gasteiger partial charge < -0.3 is 17.7 Å². The van der Waals surface area contributed by atoms with Crippen LogP contribution in [0.2, 0.25) is 10.6 Å². The first-order chi connectivity index (χ1) is 14.6. The van der Waals surface area contributed by atoms with Gasteiger partial charge in [0, 0.05) is 0 Å². The Morgan fingerprint density at radius 2 is 0.700 bits per heavy atom. The highest BCUT2D eigenvalue weighted by molar-refractivity contribution is 6.28. The first kappa shape index (κ1) is 18.3. The van der Waals surface area contributed by atoms with Crippen molar-refractivity contribution in [3.8, 4) is 0 Å². The second kappa shape index (κ2) is 7.58. The standard InChI is InChI=1S/C18H8Cl2N6O4/c19-13-21-15-25-17(23-13)29-11-7-3-4-8-12(11)30-18-24-14(20)22-16(26-18)28-10-6-2-1-5-9(10)27-15/h1-8H. The van der Waals surface area contributed by atoms with E-state index in [2.05, 4.69) is 29.9 Å². The molecule has 148 valence electrons. The van der Waals surface area contributed by atoms with E-state index in [4.69, 9.17) is 40.9 Å². The van der Waals surface area contributed by atoms with Crippen molar-refractivity contribution >= 4 is 68.9 Å². The predicted molar refractivity (Wildman–Crippen MR) is 106 cm³/mol. The van der Waals surface area contributed by atoms with Crippen LogP contribution >= 0.6 is 23.2 Å². The van der Waals surface area contributed by atoms with E-state index in [1.165, 1.54) is 0 Å². The minimum absolute atomic E-state index is 0.106. The van der Waals surface area contributed by atoms with Gasteiger partial charge in [-0.25, -0.2) is 0 Å². The molecule has 0 unspecified atom stereocenters. The molecule has 0 saturated heterocycles. The summed E-state index contributed by atoms with van der Waals surface area (Å²) in [5.74, 6) is -0.423. The van der Waals surface area contributed by atoms with E-state index in [0.29, 0.717) is 0 Å². The van der Waals surface area contributed by atoms with E-state index in [0.717, 1.165) is 0 Å². The smallest absolute Gasteiger partial charge is 0.329 e. The highest BCUT2D eigenvalue weighted by Gasteiger charge is 2.05. The third kappa shape index (κ3) is 3.86. The van der Waals surface area contributed by atoms with Crippen molar-refractivity contribution in [1.82, 2.24) is 29.9 Å². The summed E-state index contributed by atoms with van der Waals surface area (Å²) in [6.45, 7) is 0. The molecule has 12 heteroatoms. The fourth-order valence-corrected chi connectivity index (χ4v) is 2.73. The molecule has 30 heavy (non-hydrogen) atoms. The Morgan fingerprint density at radius 1 is 0.433 bits per heavy atom. The summed E-state index contributed by atoms with van der Waals surface area (Å²) in [5.41, 5.74) is 1.06. The average molecular weight is 443 g/mol. The van der Waals surface area contributed by atoms with Gasteiger partial charge in [0.15, 0.2) is 22.3 Å². The molecule has 0 spiro atoms. The van der Waals surface area contributed by atoms with Gasteiger partial charge in [-0.3, -0.25) is 0 Å². The molecule has 5 rings (SSSR count). The van der Waals surface area contributed by atoms with E-state index < -0.39 is 0 Å². The van der Waals surface area contributed by atoms with Crippen LogP contribution in [-0.2, 0) is 0 Å². The van der Waals surface area contributed by atoms with Crippen LogP contribution in [0.1, 0.15) is 0 Å². The summed E-state index contributed by atoms with van der Waals surface area (Å²) in [7, 11) is 0. The van der Waals surface area contributed by atoms with Crippen molar-refractivity contribution in [3.63, 3.8) is 0 Å². The third-order valence-corrected chi connectivity index (χ3v) is 3.98. The van der Waals surface area contributed by atoms with Crippen LogP contribution in [0.15, 0.2) is 66.2 Å². The Hall–Kier alpha value is -3.76. The second-order valence-electron chi connectivity index (χ2n) is 5.64. The number of rotatable bonds is 0. The Kier molecular flexibility index (Phi) is 4.62. The molecule has 3 aromatic heterocycles. The van der Waals surface area contributed by atoms with Crippen molar-refractivity contribution in [1.29, 1.82) is 0 Å². The highest BCUT2D eigenvalue weighted by atomic mass is 35.5. The molecule has 3 heterocycles. The lowest BCUT2D eigenvalue weighted by Crippen LogP contribution is -1.89. The van der Waals surface area contributed by atoms with Crippen molar-refractivity contribution in [2.75, 3.05) is 0 Å². The molecule has 2 aromatic carbocycles. The molecule has 0 fully saturated rings. The first-order valence-corrected chi connectivity index (χ1v) is 9.10. The monoisotopic (exact) mass is 442 g/mol. The lowest BCUT2D eigenvalue weighted by atomic mass is 10.3. The predicted octanol–water partition coefficient (Wildman–Crippen LogP) is 5.16. The minimum atomic E-state index is -0.124. The quantitative estimate of drug-likeness (QED) is 0.316. The summed E-state index contributed by atoms with van der Waals surface area (Å²) >= 11 is 12.0. The number of para-hydroxylation sites is 4. The highest BCUT2D eigenvalue weighted by Crippen LogP contribution is 2.17. The molecule has 0 N–H and O–H groups in total. The molecular weight excluding hydrogens is 435 g/mol. The van der Waals surface area contributed by atoms with Gasteiger partial charge >= 0.3 is 23.4 Å². The molecule has 0 radical (unpaired) electrons. The maximum absolute atomic E-state index is 6.01. The van der Waals surface area contributed by atoms with E-state index in [9.17, 15) is 0 Å². The number of fused-ring (bicyclic) bond motifs is 6. The van der Waals surface area contributed by atoms with E-state index in [1.807, 2.05) is 0 Å². The van der Waals surface area contributed by atoms with Gasteiger partial charge in [-0.2, -0.15) is 19.9 Å². The van der Waals surface area contributed by atoms with Gasteiger partial charge in [0.1, 0.15) is 0 Å². The summed E-state index contributed by atoms with van der Waals surface area (Å²) in [4.78, 5) is 24.1. The number of aromatic nitrogens is 6. The zero-order chi connectivity index (χ0) is 20.5. The molecule has 4 bridgehead atoms. The van der Waals surface area contributed by atoms with Crippen molar-refractivity contribution in [2.45, 2.75) is 0 Å². The Labute approximate surface area is 175 Å². The molecule has 10 nitrogen and oxygen atoms in total. The van der Waals surface area contributed by atoms with Crippen molar-refractivity contribution in [3.05, 3.63) is 59.1 Å². The zero-order valence-electron chi connectivity index (χ0n) is 14.7. The maximum atomic E-state index is 6.01. The Morgan fingerprint density at radius 3 is 0.967 bits per heavy atom. The Balaban J connectivity index is 2.04. The second-order valence-corrected chi connectivity index (χ2v) is 6.32. The number of benzene rings is 2. The molecule has 5 aromatic rings. The Bertz CT molecular complexity index is 1330. The molecule has 0 amide bonds. The topological polar surface area (TPSA) is 130 Å². The van der Waals surface area contributed by atoms with Crippen LogP contribution in [0.5, 0.6) is 0 Å². The van der Waals surface area contributed by atoms with Crippen LogP contribution in [0, 0.1) is 0 Å². The number of halogens is 2. The lowest BCUT2D eigenvalue weighted by Gasteiger charge is -1.96. The van der Waals surface area contributed by atoms with Gasteiger partial charge in [-0.05, 0) is 47.5 Å². The summed E-state index contributed by atoms with van der Waals surface area (Å²) < 4.78 is 22.9. The maximum Gasteiger partial charge on any atom is 0.329 e. The molecule has 0 aliphatic carbocycles. The van der Waals surface area contributed by atoms with Crippen molar-refractivity contribution in [2.24, 2.45) is 0 Å². The number of hydrogen-bond donors (Lipinski definition) is 0. The van der Waals surface area contributed by atoms with Crippen molar-refractivity contribution < 1.29 is 17.7 Å². The van der Waals surface area contributed by atoms with Gasteiger partial charge in [0.25, 0.3) is 0 Å². The summed E-state index contributed by atoms with van der Waals surface area (Å²) in [6, 6.07) is 13.5. The summed E-state index contributed by atoms with van der Waals surface area (Å²) in [6.07, 6.45) is 0. The zero-order valence-corrected chi connectivity index (χ0v) is 16.2. The van der Waals surface area contributed by atoms with Crippen LogP contribution in [0.4, 0.5) is 0 Å². The minimum Gasteiger partial charge on any atom is -0.420 e. The van der Waals surface area contributed by atoms with E-state index in [1.54, 1.807) is 48.5 Å². The van der Waals surface area contributed by atoms with Crippen LogP contribution in [-0.4, -0.2) is 29.9 Å². The van der Waals surface area contributed by atoms with Gasteiger partial charge in [0.05, 0.1) is 0 Å². The first-order valence-electron chi connectivity index (χ1n) is 8.35. The van der Waals surface area contributed by atoms with Gasteiger partial charge in [0.2, 0.25) is 10.6 Å². The normalized spacial score (nSPS) is 11.0. The van der Waals surface area contributed by atoms with E-state index >= 15 is 0 Å². The largest absolute Gasteiger partial charge is 0.420 e.